The van der Waals surface area contributed by atoms with Gasteiger partial charge in [0, 0.05) is 15.8 Å². The Hall–Kier alpha value is -2.08. The number of methoxy groups -OCH3 is 1. The van der Waals surface area contributed by atoms with Crippen molar-refractivity contribution in [3.63, 3.8) is 0 Å². The maximum absolute atomic E-state index is 6.08. The molecule has 2 aromatic heterocycles. The van der Waals surface area contributed by atoms with Crippen molar-refractivity contribution in [1.82, 2.24) is 9.97 Å². The lowest BCUT2D eigenvalue weighted by atomic mass is 10.2. The normalized spacial score (nSPS) is 11.1. The molecule has 0 aliphatic carbocycles. The van der Waals surface area contributed by atoms with E-state index in [4.69, 9.17) is 27.9 Å². The molecule has 0 aliphatic rings. The third-order valence-electron chi connectivity index (χ3n) is 3.64. The summed E-state index contributed by atoms with van der Waals surface area (Å²) in [6.07, 6.45) is 1.55. The Morgan fingerprint density at radius 1 is 1.04 bits per heavy atom. The molecular formula is C17H11Cl2N3OS. The van der Waals surface area contributed by atoms with Crippen molar-refractivity contribution >= 4 is 66.3 Å². The molecule has 0 spiro atoms. The largest absolute Gasteiger partial charge is 0.497 e. The molecule has 0 fully saturated rings. The molecule has 0 aliphatic heterocycles. The minimum absolute atomic E-state index is 0.494. The van der Waals surface area contributed by atoms with Crippen LogP contribution in [0.1, 0.15) is 0 Å². The van der Waals surface area contributed by atoms with E-state index in [9.17, 15) is 0 Å². The van der Waals surface area contributed by atoms with Crippen LogP contribution < -0.4 is 10.1 Å². The summed E-state index contributed by atoms with van der Waals surface area (Å²) in [5.41, 5.74) is 1.73. The molecule has 1 N–H and O–H groups in total. The molecule has 0 radical (unpaired) electrons. The number of hydrogen-bond acceptors (Lipinski definition) is 5. The number of nitrogens with one attached hydrogen (secondary N) is 1. The molecule has 24 heavy (non-hydrogen) atoms. The maximum atomic E-state index is 6.08. The molecule has 7 heteroatoms. The Labute approximate surface area is 152 Å². The summed E-state index contributed by atoms with van der Waals surface area (Å²) in [5.74, 6) is 1.56. The first-order valence-electron chi connectivity index (χ1n) is 7.09. The fourth-order valence-electron chi connectivity index (χ4n) is 2.48. The topological polar surface area (TPSA) is 47.0 Å². The van der Waals surface area contributed by atoms with Gasteiger partial charge in [0.1, 0.15) is 12.1 Å². The van der Waals surface area contributed by atoms with Crippen LogP contribution in [0.15, 0.2) is 42.7 Å². The third-order valence-corrected chi connectivity index (χ3v) is 5.53. The Balaban J connectivity index is 1.84. The summed E-state index contributed by atoms with van der Waals surface area (Å²) in [5, 5.41) is 5.38. The zero-order chi connectivity index (χ0) is 16.7. The van der Waals surface area contributed by atoms with Crippen molar-refractivity contribution in [2.45, 2.75) is 0 Å². The summed E-state index contributed by atoms with van der Waals surface area (Å²) in [6, 6.07) is 11.3. The molecule has 0 unspecified atom stereocenters. The molecule has 0 saturated heterocycles. The first-order chi connectivity index (χ1) is 11.7. The number of anilines is 2. The third kappa shape index (κ3) is 2.65. The second kappa shape index (κ2) is 6.09. The molecule has 120 valence electrons. The van der Waals surface area contributed by atoms with Crippen molar-refractivity contribution in [2.24, 2.45) is 0 Å². The summed E-state index contributed by atoms with van der Waals surface area (Å²) in [6.45, 7) is 0. The van der Waals surface area contributed by atoms with Crippen LogP contribution in [0.25, 0.3) is 20.3 Å². The number of thiophene rings is 1. The molecule has 2 aromatic carbocycles. The van der Waals surface area contributed by atoms with Gasteiger partial charge < -0.3 is 10.1 Å². The SMILES string of the molecule is COc1ccc2c(c1)sc1c(Nc3ccc(Cl)c(Cl)c3)ncnc12. The van der Waals surface area contributed by atoms with Gasteiger partial charge in [-0.3, -0.25) is 0 Å². The van der Waals surface area contributed by atoms with E-state index in [1.807, 2.05) is 24.3 Å². The van der Waals surface area contributed by atoms with Crippen LogP contribution in [0, 0.1) is 0 Å². The number of hydrogen-bond donors (Lipinski definition) is 1. The van der Waals surface area contributed by atoms with Crippen molar-refractivity contribution in [3.05, 3.63) is 52.8 Å². The molecule has 0 atom stereocenters. The van der Waals surface area contributed by atoms with Crippen LogP contribution >= 0.6 is 34.5 Å². The zero-order valence-electron chi connectivity index (χ0n) is 12.5. The van der Waals surface area contributed by atoms with Gasteiger partial charge in [0.2, 0.25) is 0 Å². The predicted octanol–water partition coefficient (Wildman–Crippen LogP) is 5.90. The lowest BCUT2D eigenvalue weighted by Gasteiger charge is -2.07. The Morgan fingerprint density at radius 3 is 2.71 bits per heavy atom. The van der Waals surface area contributed by atoms with Gasteiger partial charge in [-0.1, -0.05) is 23.2 Å². The van der Waals surface area contributed by atoms with E-state index in [0.29, 0.717) is 10.0 Å². The fraction of sp³-hybridized carbons (Fsp3) is 0.0588. The van der Waals surface area contributed by atoms with Crippen LogP contribution in [0.4, 0.5) is 11.5 Å². The molecule has 4 nitrogen and oxygen atoms in total. The number of ether oxygens (including phenoxy) is 1. The Bertz CT molecular complexity index is 1060. The number of benzene rings is 2. The second-order valence-electron chi connectivity index (χ2n) is 5.12. The molecule has 4 aromatic rings. The molecule has 0 bridgehead atoms. The quantitative estimate of drug-likeness (QED) is 0.483. The molecule has 0 amide bonds. The standard InChI is InChI=1S/C17H11Cl2N3OS/c1-23-10-3-4-11-14(7-10)24-16-15(11)20-8-21-17(16)22-9-2-5-12(18)13(19)6-9/h2-8H,1H3,(H,20,21,22). The van der Waals surface area contributed by atoms with Crippen LogP contribution in [0.3, 0.4) is 0 Å². The van der Waals surface area contributed by atoms with Gasteiger partial charge in [0.25, 0.3) is 0 Å². The van der Waals surface area contributed by atoms with Crippen molar-refractivity contribution in [2.75, 3.05) is 12.4 Å². The highest BCUT2D eigenvalue weighted by Crippen LogP contribution is 2.38. The van der Waals surface area contributed by atoms with Gasteiger partial charge in [-0.15, -0.1) is 11.3 Å². The summed E-state index contributed by atoms with van der Waals surface area (Å²) < 4.78 is 7.37. The second-order valence-corrected chi connectivity index (χ2v) is 6.98. The van der Waals surface area contributed by atoms with Crippen LogP contribution in [-0.4, -0.2) is 17.1 Å². The summed E-state index contributed by atoms with van der Waals surface area (Å²) in [7, 11) is 1.66. The highest BCUT2D eigenvalue weighted by Gasteiger charge is 2.12. The van der Waals surface area contributed by atoms with Crippen LogP contribution in [-0.2, 0) is 0 Å². The highest BCUT2D eigenvalue weighted by atomic mass is 35.5. The Kier molecular flexibility index (Phi) is 3.92. The minimum Gasteiger partial charge on any atom is -0.497 e. The number of aromatic nitrogens is 2. The predicted molar refractivity (Wildman–Crippen MR) is 101 cm³/mol. The van der Waals surface area contributed by atoms with Crippen LogP contribution in [0.5, 0.6) is 5.75 Å². The molecule has 4 rings (SSSR count). The van der Waals surface area contributed by atoms with Gasteiger partial charge in [-0.25, -0.2) is 9.97 Å². The fourth-order valence-corrected chi connectivity index (χ4v) is 3.91. The first-order valence-corrected chi connectivity index (χ1v) is 8.66. The van der Waals surface area contributed by atoms with E-state index < -0.39 is 0 Å². The molecular weight excluding hydrogens is 365 g/mol. The number of halogens is 2. The Morgan fingerprint density at radius 2 is 1.92 bits per heavy atom. The monoisotopic (exact) mass is 375 g/mol. The van der Waals surface area contributed by atoms with Crippen molar-refractivity contribution < 1.29 is 4.74 Å². The molecule has 2 heterocycles. The highest BCUT2D eigenvalue weighted by molar-refractivity contribution is 7.26. The first kappa shape index (κ1) is 15.4. The van der Waals surface area contributed by atoms with Gasteiger partial charge >= 0.3 is 0 Å². The van der Waals surface area contributed by atoms with Gasteiger partial charge in [0.15, 0.2) is 5.82 Å². The number of nitrogens with zero attached hydrogens (tertiary/aromatic N) is 2. The van der Waals surface area contributed by atoms with Crippen LogP contribution in [0.2, 0.25) is 10.0 Å². The van der Waals surface area contributed by atoms with Gasteiger partial charge in [0.05, 0.1) is 27.4 Å². The van der Waals surface area contributed by atoms with E-state index in [2.05, 4.69) is 15.3 Å². The smallest absolute Gasteiger partial charge is 0.151 e. The van der Waals surface area contributed by atoms with Crippen molar-refractivity contribution in [3.8, 4) is 5.75 Å². The van der Waals surface area contributed by atoms with Gasteiger partial charge in [-0.2, -0.15) is 0 Å². The number of rotatable bonds is 3. The van der Waals surface area contributed by atoms with E-state index >= 15 is 0 Å². The lowest BCUT2D eigenvalue weighted by molar-refractivity contribution is 0.415. The number of fused-ring (bicyclic) bond motifs is 3. The van der Waals surface area contributed by atoms with E-state index in [-0.39, 0.29) is 0 Å². The van der Waals surface area contributed by atoms with E-state index in [0.717, 1.165) is 37.6 Å². The minimum atomic E-state index is 0.494. The summed E-state index contributed by atoms with van der Waals surface area (Å²) >= 11 is 13.7. The van der Waals surface area contributed by atoms with E-state index in [1.165, 1.54) is 0 Å². The summed E-state index contributed by atoms with van der Waals surface area (Å²) in [4.78, 5) is 8.80. The van der Waals surface area contributed by atoms with Crippen molar-refractivity contribution in [1.29, 1.82) is 0 Å². The average Bonchev–Trinajstić information content (AvgIpc) is 2.97. The molecule has 0 saturated carbocycles. The van der Waals surface area contributed by atoms with Gasteiger partial charge in [-0.05, 0) is 36.4 Å². The van der Waals surface area contributed by atoms with E-state index in [1.54, 1.807) is 36.9 Å². The lowest BCUT2D eigenvalue weighted by Crippen LogP contribution is -1.94. The zero-order valence-corrected chi connectivity index (χ0v) is 14.8. The average molecular weight is 376 g/mol. The maximum Gasteiger partial charge on any atom is 0.151 e.